The fourth-order valence-electron chi connectivity index (χ4n) is 2.53. The smallest absolute Gasteiger partial charge is 0.337 e. The molecule has 2 aromatic rings. The lowest BCUT2D eigenvalue weighted by molar-refractivity contribution is 0.0601. The first-order valence-corrected chi connectivity index (χ1v) is 7.79. The Morgan fingerprint density at radius 1 is 1.25 bits per heavy atom. The second kappa shape index (κ2) is 7.27. The van der Waals surface area contributed by atoms with Gasteiger partial charge in [0.25, 0.3) is 0 Å². The van der Waals surface area contributed by atoms with Crippen molar-refractivity contribution in [3.8, 4) is 0 Å². The van der Waals surface area contributed by atoms with Crippen LogP contribution in [0.25, 0.3) is 0 Å². The van der Waals surface area contributed by atoms with E-state index in [1.807, 2.05) is 19.1 Å². The summed E-state index contributed by atoms with van der Waals surface area (Å²) in [4.78, 5) is 22.8. The van der Waals surface area contributed by atoms with E-state index in [4.69, 9.17) is 9.47 Å². The molecule has 0 radical (unpaired) electrons. The Balaban J connectivity index is 1.82. The second-order valence-corrected chi connectivity index (χ2v) is 5.49. The molecule has 24 heavy (non-hydrogen) atoms. The van der Waals surface area contributed by atoms with Gasteiger partial charge in [-0.3, -0.25) is 0 Å². The van der Waals surface area contributed by atoms with Crippen molar-refractivity contribution in [3.05, 3.63) is 41.6 Å². The molecule has 126 valence electrons. The molecule has 1 N–H and O–H groups in total. The molecule has 0 bridgehead atoms. The predicted octanol–water partition coefficient (Wildman–Crippen LogP) is 2.15. The Morgan fingerprint density at radius 2 is 2.04 bits per heavy atom. The molecule has 0 unspecified atom stereocenters. The van der Waals surface area contributed by atoms with Crippen LogP contribution in [0.3, 0.4) is 0 Å². The van der Waals surface area contributed by atoms with Gasteiger partial charge < -0.3 is 19.7 Å². The van der Waals surface area contributed by atoms with Crippen LogP contribution in [0.1, 0.15) is 16.1 Å². The first-order valence-electron chi connectivity index (χ1n) is 7.79. The number of hydrogen-bond donors (Lipinski definition) is 1. The van der Waals surface area contributed by atoms with Crippen LogP contribution in [0.15, 0.2) is 30.3 Å². The summed E-state index contributed by atoms with van der Waals surface area (Å²) >= 11 is 0. The summed E-state index contributed by atoms with van der Waals surface area (Å²) in [5.74, 6) is 0.994. The van der Waals surface area contributed by atoms with E-state index >= 15 is 0 Å². The van der Waals surface area contributed by atoms with E-state index in [-0.39, 0.29) is 5.97 Å². The maximum atomic E-state index is 11.6. The van der Waals surface area contributed by atoms with Crippen molar-refractivity contribution >= 4 is 23.4 Å². The van der Waals surface area contributed by atoms with Gasteiger partial charge in [-0.2, -0.15) is 4.98 Å². The average molecular weight is 328 g/mol. The lowest BCUT2D eigenvalue weighted by Crippen LogP contribution is -2.36. The minimum absolute atomic E-state index is 0.377. The predicted molar refractivity (Wildman–Crippen MR) is 90.9 cm³/mol. The molecule has 2 heterocycles. The molecular formula is C17H20N4O3. The van der Waals surface area contributed by atoms with Gasteiger partial charge in [0.05, 0.1) is 25.9 Å². The van der Waals surface area contributed by atoms with E-state index < -0.39 is 0 Å². The van der Waals surface area contributed by atoms with Crippen LogP contribution in [-0.2, 0) is 9.47 Å². The lowest BCUT2D eigenvalue weighted by Gasteiger charge is -2.28. The van der Waals surface area contributed by atoms with E-state index in [9.17, 15) is 4.79 Å². The standard InChI is InChI=1S/C17H20N4O3/c1-12-10-15(21-6-8-24-9-7-21)20-17(18-12)19-14-5-3-4-13(11-14)16(22)23-2/h3-5,10-11H,6-9H2,1-2H3,(H,18,19,20). The molecule has 1 fully saturated rings. The molecule has 1 aliphatic heterocycles. The van der Waals surface area contributed by atoms with Gasteiger partial charge in [0.2, 0.25) is 5.95 Å². The zero-order valence-corrected chi connectivity index (χ0v) is 13.8. The van der Waals surface area contributed by atoms with Crippen molar-refractivity contribution in [2.24, 2.45) is 0 Å². The summed E-state index contributed by atoms with van der Waals surface area (Å²) in [7, 11) is 1.36. The molecule has 0 spiro atoms. The first kappa shape index (κ1) is 16.2. The summed E-state index contributed by atoms with van der Waals surface area (Å²) in [5, 5.41) is 3.16. The quantitative estimate of drug-likeness (QED) is 0.862. The normalized spacial score (nSPS) is 14.3. The van der Waals surface area contributed by atoms with Crippen molar-refractivity contribution in [1.29, 1.82) is 0 Å². The number of carbonyl (C=O) groups excluding carboxylic acids is 1. The summed E-state index contributed by atoms with van der Waals surface area (Å²) in [6.45, 7) is 4.96. The fourth-order valence-corrected chi connectivity index (χ4v) is 2.53. The van der Waals surface area contributed by atoms with Crippen LogP contribution in [0.4, 0.5) is 17.5 Å². The third-order valence-electron chi connectivity index (χ3n) is 3.72. The van der Waals surface area contributed by atoms with Gasteiger partial charge in [0.15, 0.2) is 0 Å². The highest BCUT2D eigenvalue weighted by Gasteiger charge is 2.14. The number of aromatic nitrogens is 2. The van der Waals surface area contributed by atoms with E-state index in [2.05, 4.69) is 20.2 Å². The first-order chi connectivity index (χ1) is 11.7. The second-order valence-electron chi connectivity index (χ2n) is 5.49. The molecule has 1 aliphatic rings. The molecule has 3 rings (SSSR count). The lowest BCUT2D eigenvalue weighted by atomic mass is 10.2. The highest BCUT2D eigenvalue weighted by atomic mass is 16.5. The minimum Gasteiger partial charge on any atom is -0.465 e. The maximum absolute atomic E-state index is 11.6. The van der Waals surface area contributed by atoms with Crippen LogP contribution < -0.4 is 10.2 Å². The Bertz CT molecular complexity index is 730. The van der Waals surface area contributed by atoms with Crippen molar-refractivity contribution < 1.29 is 14.3 Å². The van der Waals surface area contributed by atoms with E-state index in [0.29, 0.717) is 24.7 Å². The monoisotopic (exact) mass is 328 g/mol. The van der Waals surface area contributed by atoms with Crippen molar-refractivity contribution in [1.82, 2.24) is 9.97 Å². The van der Waals surface area contributed by atoms with Crippen molar-refractivity contribution in [2.45, 2.75) is 6.92 Å². The summed E-state index contributed by atoms with van der Waals surface area (Å²) in [6, 6.07) is 9.01. The Labute approximate surface area is 140 Å². The number of nitrogens with zero attached hydrogens (tertiary/aromatic N) is 3. The molecule has 1 aromatic carbocycles. The summed E-state index contributed by atoms with van der Waals surface area (Å²) in [6.07, 6.45) is 0. The highest BCUT2D eigenvalue weighted by molar-refractivity contribution is 5.90. The minimum atomic E-state index is -0.377. The molecule has 7 nitrogen and oxygen atoms in total. The Morgan fingerprint density at radius 3 is 2.79 bits per heavy atom. The van der Waals surface area contributed by atoms with Crippen LogP contribution in [-0.4, -0.2) is 49.4 Å². The zero-order valence-electron chi connectivity index (χ0n) is 13.8. The van der Waals surface area contributed by atoms with Gasteiger partial charge in [-0.1, -0.05) is 6.07 Å². The summed E-state index contributed by atoms with van der Waals surface area (Å²) < 4.78 is 10.1. The van der Waals surface area contributed by atoms with Crippen LogP contribution in [0.2, 0.25) is 0 Å². The van der Waals surface area contributed by atoms with Crippen LogP contribution in [0, 0.1) is 6.92 Å². The van der Waals surface area contributed by atoms with Gasteiger partial charge in [-0.15, -0.1) is 0 Å². The number of ether oxygens (including phenoxy) is 2. The number of anilines is 3. The average Bonchev–Trinajstić information content (AvgIpc) is 2.61. The van der Waals surface area contributed by atoms with Gasteiger partial charge >= 0.3 is 5.97 Å². The van der Waals surface area contributed by atoms with Gasteiger partial charge in [-0.05, 0) is 25.1 Å². The Hall–Kier alpha value is -2.67. The van der Waals surface area contributed by atoms with Gasteiger partial charge in [0.1, 0.15) is 5.82 Å². The largest absolute Gasteiger partial charge is 0.465 e. The molecule has 0 aliphatic carbocycles. The molecule has 1 saturated heterocycles. The van der Waals surface area contributed by atoms with Crippen LogP contribution >= 0.6 is 0 Å². The number of nitrogens with one attached hydrogen (secondary N) is 1. The number of hydrogen-bond acceptors (Lipinski definition) is 7. The molecule has 0 atom stereocenters. The van der Waals surface area contributed by atoms with E-state index in [1.54, 1.807) is 18.2 Å². The van der Waals surface area contributed by atoms with Gasteiger partial charge in [0, 0.05) is 30.5 Å². The number of rotatable bonds is 4. The molecule has 1 aromatic heterocycles. The number of benzene rings is 1. The van der Waals surface area contributed by atoms with Gasteiger partial charge in [-0.25, -0.2) is 9.78 Å². The molecular weight excluding hydrogens is 308 g/mol. The summed E-state index contributed by atoms with van der Waals surface area (Å²) in [5.41, 5.74) is 2.08. The SMILES string of the molecule is COC(=O)c1cccc(Nc2nc(C)cc(N3CCOCC3)n2)c1. The fraction of sp³-hybridized carbons (Fsp3) is 0.353. The Kier molecular flexibility index (Phi) is 4.90. The zero-order chi connectivity index (χ0) is 16.9. The molecule has 0 amide bonds. The number of methoxy groups -OCH3 is 1. The number of aryl methyl sites for hydroxylation is 1. The van der Waals surface area contributed by atoms with Crippen molar-refractivity contribution in [2.75, 3.05) is 43.6 Å². The van der Waals surface area contributed by atoms with E-state index in [0.717, 1.165) is 30.3 Å². The maximum Gasteiger partial charge on any atom is 0.337 e. The third kappa shape index (κ3) is 3.80. The topological polar surface area (TPSA) is 76.6 Å². The number of esters is 1. The highest BCUT2D eigenvalue weighted by Crippen LogP contribution is 2.20. The number of carbonyl (C=O) groups is 1. The molecule has 0 saturated carbocycles. The van der Waals surface area contributed by atoms with Crippen molar-refractivity contribution in [3.63, 3.8) is 0 Å². The van der Waals surface area contributed by atoms with E-state index in [1.165, 1.54) is 7.11 Å². The third-order valence-corrected chi connectivity index (χ3v) is 3.72. The number of morpholine rings is 1. The van der Waals surface area contributed by atoms with Crippen LogP contribution in [0.5, 0.6) is 0 Å². The molecule has 7 heteroatoms.